The molecule has 0 fully saturated rings. The second-order valence-electron chi connectivity index (χ2n) is 4.36. The summed E-state index contributed by atoms with van der Waals surface area (Å²) in [5.41, 5.74) is 0.693. The first-order valence-electron chi connectivity index (χ1n) is 5.80. The van der Waals surface area contributed by atoms with Crippen LogP contribution < -0.4 is 0 Å². The van der Waals surface area contributed by atoms with Crippen molar-refractivity contribution < 1.29 is 9.90 Å². The second-order valence-corrected chi connectivity index (χ2v) is 4.36. The summed E-state index contributed by atoms with van der Waals surface area (Å²) in [4.78, 5) is 15.3. The van der Waals surface area contributed by atoms with Crippen LogP contribution in [-0.4, -0.2) is 30.7 Å². The van der Waals surface area contributed by atoms with Crippen LogP contribution in [0.15, 0.2) is 30.7 Å². The number of carboxylic acids is 1. The van der Waals surface area contributed by atoms with Crippen molar-refractivity contribution in [3.63, 3.8) is 0 Å². The Hall–Kier alpha value is -2.24. The molecule has 0 saturated heterocycles. The van der Waals surface area contributed by atoms with Crippen molar-refractivity contribution in [3.05, 3.63) is 36.6 Å². The molecule has 2 aromatic heterocycles. The maximum absolute atomic E-state index is 11.3. The number of hydrogen-bond donors (Lipinski definition) is 1. The highest BCUT2D eigenvalue weighted by Gasteiger charge is 2.33. The molecule has 2 heterocycles. The van der Waals surface area contributed by atoms with Gasteiger partial charge in [-0.25, -0.2) is 4.98 Å². The van der Waals surface area contributed by atoms with E-state index in [1.54, 1.807) is 23.0 Å². The van der Waals surface area contributed by atoms with Gasteiger partial charge in [-0.1, -0.05) is 12.2 Å². The molecule has 2 aromatic rings. The third-order valence-corrected chi connectivity index (χ3v) is 3.32. The van der Waals surface area contributed by atoms with E-state index in [0.717, 1.165) is 0 Å². The van der Waals surface area contributed by atoms with E-state index in [9.17, 15) is 9.90 Å². The van der Waals surface area contributed by atoms with Crippen molar-refractivity contribution in [3.8, 4) is 0 Å². The zero-order valence-corrected chi connectivity index (χ0v) is 9.60. The Morgan fingerprint density at radius 3 is 3.00 bits per heavy atom. The predicted octanol–water partition coefficient (Wildman–Crippen LogP) is 1.26. The van der Waals surface area contributed by atoms with Gasteiger partial charge in [0.1, 0.15) is 12.2 Å². The summed E-state index contributed by atoms with van der Waals surface area (Å²) in [7, 11) is 0. The fourth-order valence-electron chi connectivity index (χ4n) is 2.39. The quantitative estimate of drug-likeness (QED) is 0.804. The average molecular weight is 244 g/mol. The maximum Gasteiger partial charge on any atom is 0.307 e. The Morgan fingerprint density at radius 2 is 2.17 bits per heavy atom. The van der Waals surface area contributed by atoms with Gasteiger partial charge in [0.2, 0.25) is 0 Å². The zero-order valence-electron chi connectivity index (χ0n) is 9.60. The van der Waals surface area contributed by atoms with Crippen molar-refractivity contribution in [1.29, 1.82) is 0 Å². The van der Waals surface area contributed by atoms with Gasteiger partial charge in [-0.2, -0.15) is 0 Å². The molecule has 0 aromatic carbocycles. The van der Waals surface area contributed by atoms with Crippen LogP contribution in [0.5, 0.6) is 0 Å². The van der Waals surface area contributed by atoms with E-state index in [4.69, 9.17) is 0 Å². The van der Waals surface area contributed by atoms with Crippen LogP contribution in [0.1, 0.15) is 24.6 Å². The van der Waals surface area contributed by atoms with Gasteiger partial charge in [0, 0.05) is 18.2 Å². The highest BCUT2D eigenvalue weighted by Crippen LogP contribution is 2.33. The molecular formula is C12H12N4O2. The zero-order chi connectivity index (χ0) is 12.5. The third-order valence-electron chi connectivity index (χ3n) is 3.32. The molecule has 6 nitrogen and oxygen atoms in total. The molecule has 3 rings (SSSR count). The van der Waals surface area contributed by atoms with Crippen LogP contribution in [-0.2, 0) is 4.79 Å². The molecule has 92 valence electrons. The lowest BCUT2D eigenvalue weighted by molar-refractivity contribution is -0.142. The number of allylic oxidation sites excluding steroid dienone is 2. The Labute approximate surface area is 103 Å². The largest absolute Gasteiger partial charge is 0.481 e. The Bertz CT molecular complexity index is 619. The summed E-state index contributed by atoms with van der Waals surface area (Å²) in [5.74, 6) is -0.700. The highest BCUT2D eigenvalue weighted by molar-refractivity contribution is 5.71. The van der Waals surface area contributed by atoms with E-state index in [1.165, 1.54) is 0 Å². The maximum atomic E-state index is 11.3. The van der Waals surface area contributed by atoms with E-state index in [2.05, 4.69) is 15.2 Å². The van der Waals surface area contributed by atoms with Crippen molar-refractivity contribution in [2.24, 2.45) is 5.92 Å². The van der Waals surface area contributed by atoms with E-state index in [-0.39, 0.29) is 5.92 Å². The first-order chi connectivity index (χ1) is 8.77. The summed E-state index contributed by atoms with van der Waals surface area (Å²) < 4.78 is 1.76. The topological polar surface area (TPSA) is 80.4 Å². The lowest BCUT2D eigenvalue weighted by Crippen LogP contribution is -2.25. The monoisotopic (exact) mass is 244 g/mol. The number of carbonyl (C=O) groups is 1. The fourth-order valence-corrected chi connectivity index (χ4v) is 2.39. The smallest absolute Gasteiger partial charge is 0.307 e. The van der Waals surface area contributed by atoms with Crippen LogP contribution in [0.2, 0.25) is 0 Å². The van der Waals surface area contributed by atoms with Crippen molar-refractivity contribution in [2.75, 3.05) is 0 Å². The van der Waals surface area contributed by atoms with Gasteiger partial charge in [0.15, 0.2) is 5.65 Å². The number of aromatic nitrogens is 4. The first kappa shape index (κ1) is 10.9. The number of rotatable bonds is 2. The van der Waals surface area contributed by atoms with E-state index in [1.807, 2.05) is 12.2 Å². The number of nitrogens with zero attached hydrogens (tertiary/aromatic N) is 4. The molecule has 1 N–H and O–H groups in total. The van der Waals surface area contributed by atoms with E-state index >= 15 is 0 Å². The summed E-state index contributed by atoms with van der Waals surface area (Å²) in [6.07, 6.45) is 8.39. The van der Waals surface area contributed by atoms with Crippen molar-refractivity contribution >= 4 is 11.6 Å². The summed E-state index contributed by atoms with van der Waals surface area (Å²) >= 11 is 0. The highest BCUT2D eigenvalue weighted by atomic mass is 16.4. The summed E-state index contributed by atoms with van der Waals surface area (Å²) in [5, 5.41) is 17.4. The molecule has 0 aliphatic heterocycles. The minimum atomic E-state index is -0.787. The first-order valence-corrected chi connectivity index (χ1v) is 5.80. The Morgan fingerprint density at radius 1 is 1.33 bits per heavy atom. The standard InChI is InChI=1S/C12H12N4O2/c17-12(18)9-4-2-1-3-8(9)11-15-14-10-5-6-13-7-16(10)11/h1-2,5-9H,3-4H2,(H,17,18)/t8-,9+/m1/s1. The Balaban J connectivity index is 2.07. The molecule has 0 spiro atoms. The number of fused-ring (bicyclic) bond motifs is 1. The van der Waals surface area contributed by atoms with Crippen LogP contribution >= 0.6 is 0 Å². The number of aliphatic carboxylic acids is 1. The molecule has 2 atom stereocenters. The van der Waals surface area contributed by atoms with Gasteiger partial charge < -0.3 is 5.11 Å². The van der Waals surface area contributed by atoms with E-state index in [0.29, 0.717) is 24.3 Å². The van der Waals surface area contributed by atoms with Gasteiger partial charge in [0.25, 0.3) is 0 Å². The third kappa shape index (κ3) is 1.66. The molecule has 0 bridgehead atoms. The molecule has 0 amide bonds. The minimum Gasteiger partial charge on any atom is -0.481 e. The van der Waals surface area contributed by atoms with Crippen LogP contribution in [0.4, 0.5) is 0 Å². The molecule has 0 saturated carbocycles. The van der Waals surface area contributed by atoms with E-state index < -0.39 is 11.9 Å². The molecular weight excluding hydrogens is 232 g/mol. The van der Waals surface area contributed by atoms with Gasteiger partial charge in [0.05, 0.1) is 5.92 Å². The van der Waals surface area contributed by atoms with Gasteiger partial charge >= 0.3 is 5.97 Å². The number of carboxylic acid groups (broad SMARTS) is 1. The Kier molecular flexibility index (Phi) is 2.55. The molecule has 1 aliphatic rings. The van der Waals surface area contributed by atoms with Gasteiger partial charge in [-0.3, -0.25) is 9.20 Å². The van der Waals surface area contributed by atoms with Crippen LogP contribution in [0, 0.1) is 5.92 Å². The molecule has 0 radical (unpaired) electrons. The van der Waals surface area contributed by atoms with Crippen molar-refractivity contribution in [1.82, 2.24) is 19.6 Å². The van der Waals surface area contributed by atoms with Crippen molar-refractivity contribution in [2.45, 2.75) is 18.8 Å². The van der Waals surface area contributed by atoms with Gasteiger partial charge in [-0.05, 0) is 12.8 Å². The van der Waals surface area contributed by atoms with Gasteiger partial charge in [-0.15, -0.1) is 10.2 Å². The summed E-state index contributed by atoms with van der Waals surface area (Å²) in [6, 6.07) is 1.75. The average Bonchev–Trinajstić information content (AvgIpc) is 2.82. The molecule has 18 heavy (non-hydrogen) atoms. The molecule has 0 unspecified atom stereocenters. The molecule has 1 aliphatic carbocycles. The summed E-state index contributed by atoms with van der Waals surface area (Å²) in [6.45, 7) is 0. The predicted molar refractivity (Wildman–Crippen MR) is 63.0 cm³/mol. The van der Waals surface area contributed by atoms with Crippen LogP contribution in [0.25, 0.3) is 5.65 Å². The fraction of sp³-hybridized carbons (Fsp3) is 0.333. The SMILES string of the molecule is O=C(O)[C@H]1CC=CC[C@H]1c1nnc2ccncn12. The lowest BCUT2D eigenvalue weighted by atomic mass is 9.82. The normalized spacial score (nSPS) is 23.3. The number of hydrogen-bond acceptors (Lipinski definition) is 4. The lowest BCUT2D eigenvalue weighted by Gasteiger charge is -2.23. The minimum absolute atomic E-state index is 0.147. The second kappa shape index (κ2) is 4.21. The molecule has 6 heteroatoms. The van der Waals surface area contributed by atoms with Crippen LogP contribution in [0.3, 0.4) is 0 Å².